The van der Waals surface area contributed by atoms with E-state index in [0.717, 1.165) is 28.3 Å². The molecule has 1 aromatic rings. The molecule has 110 valence electrons. The van der Waals surface area contributed by atoms with Crippen LogP contribution in [0.15, 0.2) is 4.79 Å². The zero-order valence-electron chi connectivity index (χ0n) is 11.8. The van der Waals surface area contributed by atoms with Crippen molar-refractivity contribution in [2.24, 2.45) is 0 Å². The molecule has 0 radical (unpaired) electrons. The lowest BCUT2D eigenvalue weighted by Gasteiger charge is -2.22. The molecule has 1 saturated heterocycles. The van der Waals surface area contributed by atoms with E-state index in [2.05, 4.69) is 32.5 Å². The third-order valence-electron chi connectivity index (χ3n) is 4.52. The van der Waals surface area contributed by atoms with E-state index < -0.39 is 0 Å². The molecule has 20 heavy (non-hydrogen) atoms. The molecule has 1 aliphatic heterocycles. The lowest BCUT2D eigenvalue weighted by atomic mass is 10.0. The van der Waals surface area contributed by atoms with Crippen molar-refractivity contribution in [3.05, 3.63) is 19.6 Å². The Bertz CT molecular complexity index is 514. The molecule has 0 bridgehead atoms. The maximum atomic E-state index is 12.2. The molecule has 1 N–H and O–H groups in total. The first-order valence-electron chi connectivity index (χ1n) is 7.80. The average molecular weight is 387 g/mol. The summed E-state index contributed by atoms with van der Waals surface area (Å²) in [7, 11) is 0. The van der Waals surface area contributed by atoms with E-state index in [1.807, 2.05) is 0 Å². The van der Waals surface area contributed by atoms with Crippen LogP contribution in [0.5, 0.6) is 0 Å². The molecule has 0 aromatic carbocycles. The fraction of sp³-hybridized carbons (Fsp3) is 0.733. The predicted octanol–water partition coefficient (Wildman–Crippen LogP) is 3.41. The standard InChI is InChI=1S/C15H22IN3O/c16-12-13(11-7-3-4-8-11)17-15(18-14(12)20)19-9-5-1-2-6-10-19/h11H,1-10H2,(H,17,18,20). The summed E-state index contributed by atoms with van der Waals surface area (Å²) in [5, 5.41) is 0. The van der Waals surface area contributed by atoms with Gasteiger partial charge in [-0.2, -0.15) is 0 Å². The number of rotatable bonds is 2. The van der Waals surface area contributed by atoms with E-state index in [1.165, 1.54) is 51.4 Å². The number of nitrogens with zero attached hydrogens (tertiary/aromatic N) is 2. The summed E-state index contributed by atoms with van der Waals surface area (Å²) >= 11 is 2.16. The topological polar surface area (TPSA) is 49.0 Å². The largest absolute Gasteiger partial charge is 0.342 e. The fourth-order valence-electron chi connectivity index (χ4n) is 3.37. The summed E-state index contributed by atoms with van der Waals surface area (Å²) < 4.78 is 0.799. The van der Waals surface area contributed by atoms with Gasteiger partial charge in [0.05, 0.1) is 5.69 Å². The summed E-state index contributed by atoms with van der Waals surface area (Å²) in [4.78, 5) is 22.3. The number of halogens is 1. The molecule has 1 aromatic heterocycles. The SMILES string of the molecule is O=c1[nH]c(N2CCCCCC2)nc(C2CCCC2)c1I. The highest BCUT2D eigenvalue weighted by atomic mass is 127. The minimum atomic E-state index is 0.0433. The van der Waals surface area contributed by atoms with Crippen molar-refractivity contribution in [2.45, 2.75) is 57.3 Å². The Morgan fingerprint density at radius 3 is 2.35 bits per heavy atom. The van der Waals surface area contributed by atoms with Gasteiger partial charge in [0.2, 0.25) is 5.95 Å². The van der Waals surface area contributed by atoms with Gasteiger partial charge in [-0.05, 0) is 48.3 Å². The van der Waals surface area contributed by atoms with Crippen molar-refractivity contribution in [3.63, 3.8) is 0 Å². The van der Waals surface area contributed by atoms with Crippen LogP contribution in [0.1, 0.15) is 63.0 Å². The van der Waals surface area contributed by atoms with Crippen molar-refractivity contribution in [2.75, 3.05) is 18.0 Å². The van der Waals surface area contributed by atoms with Gasteiger partial charge in [-0.3, -0.25) is 9.78 Å². The Balaban J connectivity index is 1.92. The van der Waals surface area contributed by atoms with E-state index in [-0.39, 0.29) is 5.56 Å². The smallest absolute Gasteiger partial charge is 0.266 e. The Morgan fingerprint density at radius 2 is 1.70 bits per heavy atom. The summed E-state index contributed by atoms with van der Waals surface area (Å²) in [5.74, 6) is 1.30. The Hall–Kier alpha value is -0.590. The van der Waals surface area contributed by atoms with Gasteiger partial charge in [0, 0.05) is 19.0 Å². The minimum Gasteiger partial charge on any atom is -0.342 e. The van der Waals surface area contributed by atoms with E-state index >= 15 is 0 Å². The van der Waals surface area contributed by atoms with Crippen molar-refractivity contribution in [1.82, 2.24) is 9.97 Å². The van der Waals surface area contributed by atoms with Crippen LogP contribution in [0.25, 0.3) is 0 Å². The van der Waals surface area contributed by atoms with Gasteiger partial charge in [0.1, 0.15) is 3.57 Å². The second-order valence-corrected chi connectivity index (χ2v) is 7.05. The van der Waals surface area contributed by atoms with Crippen LogP contribution in [0.4, 0.5) is 5.95 Å². The van der Waals surface area contributed by atoms with Crippen LogP contribution in [0.2, 0.25) is 0 Å². The van der Waals surface area contributed by atoms with E-state index in [9.17, 15) is 4.79 Å². The van der Waals surface area contributed by atoms with Crippen molar-refractivity contribution >= 4 is 28.5 Å². The van der Waals surface area contributed by atoms with Crippen molar-refractivity contribution in [3.8, 4) is 0 Å². The molecule has 2 fully saturated rings. The second kappa shape index (κ2) is 6.45. The number of aromatic amines is 1. The first-order valence-corrected chi connectivity index (χ1v) is 8.88. The number of H-pyrrole nitrogens is 1. The molecule has 5 heteroatoms. The van der Waals surface area contributed by atoms with Gasteiger partial charge in [0.15, 0.2) is 0 Å². The van der Waals surface area contributed by atoms with Crippen LogP contribution >= 0.6 is 22.6 Å². The van der Waals surface area contributed by atoms with Crippen LogP contribution in [-0.2, 0) is 0 Å². The molecule has 0 amide bonds. The molecule has 1 aliphatic carbocycles. The number of nitrogens with one attached hydrogen (secondary N) is 1. The third kappa shape index (κ3) is 3.02. The molecular weight excluding hydrogens is 365 g/mol. The van der Waals surface area contributed by atoms with Crippen LogP contribution in [0, 0.1) is 3.57 Å². The molecule has 0 spiro atoms. The summed E-state index contributed by atoms with van der Waals surface area (Å²) in [6.45, 7) is 2.04. The van der Waals surface area contributed by atoms with E-state index in [0.29, 0.717) is 5.92 Å². The molecule has 2 aliphatic rings. The van der Waals surface area contributed by atoms with Crippen LogP contribution in [0.3, 0.4) is 0 Å². The molecular formula is C15H22IN3O. The van der Waals surface area contributed by atoms with Gasteiger partial charge >= 0.3 is 0 Å². The highest BCUT2D eigenvalue weighted by molar-refractivity contribution is 14.1. The van der Waals surface area contributed by atoms with E-state index in [1.54, 1.807) is 0 Å². The lowest BCUT2D eigenvalue weighted by Crippen LogP contribution is -2.30. The number of aromatic nitrogens is 2. The number of anilines is 1. The summed E-state index contributed by atoms with van der Waals surface area (Å²) in [5.41, 5.74) is 1.09. The monoisotopic (exact) mass is 387 g/mol. The predicted molar refractivity (Wildman–Crippen MR) is 89.5 cm³/mol. The molecule has 3 rings (SSSR count). The maximum absolute atomic E-state index is 12.2. The van der Waals surface area contributed by atoms with Crippen LogP contribution < -0.4 is 10.5 Å². The maximum Gasteiger partial charge on any atom is 0.266 e. The highest BCUT2D eigenvalue weighted by Gasteiger charge is 2.24. The highest BCUT2D eigenvalue weighted by Crippen LogP contribution is 2.34. The Labute approximate surface area is 133 Å². The Kier molecular flexibility index (Phi) is 4.63. The third-order valence-corrected chi connectivity index (χ3v) is 5.57. The number of hydrogen-bond acceptors (Lipinski definition) is 3. The normalized spacial score (nSPS) is 21.1. The Morgan fingerprint density at radius 1 is 1.05 bits per heavy atom. The zero-order valence-corrected chi connectivity index (χ0v) is 14.0. The van der Waals surface area contributed by atoms with E-state index in [4.69, 9.17) is 4.98 Å². The van der Waals surface area contributed by atoms with Gasteiger partial charge in [-0.1, -0.05) is 25.7 Å². The van der Waals surface area contributed by atoms with Crippen molar-refractivity contribution in [1.29, 1.82) is 0 Å². The lowest BCUT2D eigenvalue weighted by molar-refractivity contribution is 0.674. The molecule has 2 heterocycles. The van der Waals surface area contributed by atoms with Gasteiger partial charge in [-0.15, -0.1) is 0 Å². The quantitative estimate of drug-likeness (QED) is 0.792. The first-order chi connectivity index (χ1) is 9.75. The van der Waals surface area contributed by atoms with Crippen LogP contribution in [-0.4, -0.2) is 23.1 Å². The molecule has 1 saturated carbocycles. The zero-order chi connectivity index (χ0) is 13.9. The first kappa shape index (κ1) is 14.4. The second-order valence-electron chi connectivity index (χ2n) is 5.97. The molecule has 0 unspecified atom stereocenters. The van der Waals surface area contributed by atoms with Gasteiger partial charge in [-0.25, -0.2) is 4.98 Å². The molecule has 0 atom stereocenters. The van der Waals surface area contributed by atoms with Crippen molar-refractivity contribution < 1.29 is 0 Å². The summed E-state index contributed by atoms with van der Waals surface area (Å²) in [6.07, 6.45) is 9.91. The fourth-order valence-corrected chi connectivity index (χ4v) is 4.06. The summed E-state index contributed by atoms with van der Waals surface area (Å²) in [6, 6.07) is 0. The van der Waals surface area contributed by atoms with Gasteiger partial charge in [0.25, 0.3) is 5.56 Å². The number of hydrogen-bond donors (Lipinski definition) is 1. The minimum absolute atomic E-state index is 0.0433. The average Bonchev–Trinajstić information content (AvgIpc) is 2.84. The van der Waals surface area contributed by atoms with Gasteiger partial charge < -0.3 is 4.90 Å². The molecule has 4 nitrogen and oxygen atoms in total.